The van der Waals surface area contributed by atoms with Crippen LogP contribution in [0.5, 0.6) is 5.88 Å². The van der Waals surface area contributed by atoms with E-state index < -0.39 is 0 Å². The van der Waals surface area contributed by atoms with Gasteiger partial charge in [0.25, 0.3) is 5.91 Å². The number of rotatable bonds is 6. The van der Waals surface area contributed by atoms with Crippen LogP contribution in [0.15, 0.2) is 85.5 Å². The third-order valence-corrected chi connectivity index (χ3v) is 5.10. The van der Waals surface area contributed by atoms with E-state index in [4.69, 9.17) is 16.3 Å². The number of hydrogen-bond donors (Lipinski definition) is 1. The Hall–Kier alpha value is -4.30. The number of carbonyl (C=O) groups excluding carboxylic acids is 1. The Morgan fingerprint density at radius 2 is 1.76 bits per heavy atom. The molecule has 0 atom stereocenters. The molecule has 0 bridgehead atoms. The molecule has 33 heavy (non-hydrogen) atoms. The summed E-state index contributed by atoms with van der Waals surface area (Å²) in [6.45, 7) is -0.200. The zero-order valence-electron chi connectivity index (χ0n) is 17.2. The van der Waals surface area contributed by atoms with Crippen molar-refractivity contribution in [3.05, 3.63) is 90.5 Å². The monoisotopic (exact) mass is 456 g/mol. The molecule has 0 unspecified atom stereocenters. The summed E-state index contributed by atoms with van der Waals surface area (Å²) in [5, 5.41) is 8.22. The van der Waals surface area contributed by atoms with Crippen molar-refractivity contribution in [2.24, 2.45) is 0 Å². The van der Waals surface area contributed by atoms with E-state index in [-0.39, 0.29) is 12.5 Å². The summed E-state index contributed by atoms with van der Waals surface area (Å²) in [6, 6.07) is 22.0. The number of ether oxygens (including phenoxy) is 1. The first-order valence-electron chi connectivity index (χ1n) is 10.1. The molecule has 1 amide bonds. The molecule has 5 aromatic rings. The van der Waals surface area contributed by atoms with Crippen LogP contribution < -0.4 is 10.1 Å². The summed E-state index contributed by atoms with van der Waals surface area (Å²) in [5.74, 6) is 0.521. The van der Waals surface area contributed by atoms with Gasteiger partial charge in [0, 0.05) is 16.3 Å². The smallest absolute Gasteiger partial charge is 0.262 e. The maximum absolute atomic E-state index is 12.4. The molecule has 0 fully saturated rings. The minimum atomic E-state index is -0.307. The van der Waals surface area contributed by atoms with Crippen molar-refractivity contribution in [1.29, 1.82) is 0 Å². The number of nitrogens with zero attached hydrogens (tertiary/aromatic N) is 5. The fraction of sp³-hybridized carbons (Fsp3) is 0.0417. The number of carbonyl (C=O) groups is 1. The van der Waals surface area contributed by atoms with Crippen LogP contribution in [0, 0.1) is 0 Å². The fourth-order valence-electron chi connectivity index (χ4n) is 3.26. The van der Waals surface area contributed by atoms with Crippen molar-refractivity contribution in [2.45, 2.75) is 0 Å². The summed E-state index contributed by atoms with van der Waals surface area (Å²) in [4.78, 5) is 25.6. The van der Waals surface area contributed by atoms with Gasteiger partial charge in [-0.25, -0.2) is 14.6 Å². The molecule has 0 saturated heterocycles. The van der Waals surface area contributed by atoms with Gasteiger partial charge in [0.2, 0.25) is 5.88 Å². The molecule has 1 N–H and O–H groups in total. The highest BCUT2D eigenvalue weighted by Crippen LogP contribution is 2.27. The van der Waals surface area contributed by atoms with Crippen LogP contribution in [0.3, 0.4) is 0 Å². The fourth-order valence-corrected chi connectivity index (χ4v) is 3.38. The molecule has 9 heteroatoms. The highest BCUT2D eigenvalue weighted by atomic mass is 35.5. The second-order valence-electron chi connectivity index (χ2n) is 7.10. The second kappa shape index (κ2) is 9.05. The summed E-state index contributed by atoms with van der Waals surface area (Å²) >= 11 is 5.89. The Balaban J connectivity index is 1.39. The van der Waals surface area contributed by atoms with Crippen LogP contribution in [0.2, 0.25) is 5.02 Å². The number of aromatic nitrogens is 5. The summed E-state index contributed by atoms with van der Waals surface area (Å²) in [7, 11) is 0. The number of halogens is 1. The van der Waals surface area contributed by atoms with Gasteiger partial charge in [0.05, 0.1) is 16.6 Å². The Kier molecular flexibility index (Phi) is 5.65. The van der Waals surface area contributed by atoms with E-state index in [9.17, 15) is 4.79 Å². The van der Waals surface area contributed by atoms with Gasteiger partial charge in [-0.3, -0.25) is 4.79 Å². The van der Waals surface area contributed by atoms with Crippen molar-refractivity contribution in [1.82, 2.24) is 24.7 Å². The lowest BCUT2D eigenvalue weighted by atomic mass is 10.1. The summed E-state index contributed by atoms with van der Waals surface area (Å²) < 4.78 is 7.48. The van der Waals surface area contributed by atoms with E-state index in [1.807, 2.05) is 48.5 Å². The van der Waals surface area contributed by atoms with Gasteiger partial charge in [-0.2, -0.15) is 10.1 Å². The van der Waals surface area contributed by atoms with E-state index in [0.29, 0.717) is 22.4 Å². The third kappa shape index (κ3) is 4.65. The molecular weight excluding hydrogens is 440 g/mol. The van der Waals surface area contributed by atoms with Crippen LogP contribution in [0.4, 0.5) is 5.69 Å². The van der Waals surface area contributed by atoms with Crippen molar-refractivity contribution in [2.75, 3.05) is 11.9 Å². The molecule has 5 rings (SSSR count). The van der Waals surface area contributed by atoms with Crippen LogP contribution >= 0.6 is 11.6 Å². The number of hydrogen-bond acceptors (Lipinski definition) is 6. The van der Waals surface area contributed by atoms with Crippen LogP contribution in [-0.2, 0) is 4.79 Å². The van der Waals surface area contributed by atoms with Crippen molar-refractivity contribution >= 4 is 34.1 Å². The molecular formula is C24H17ClN6O2. The van der Waals surface area contributed by atoms with Gasteiger partial charge in [-0.15, -0.1) is 0 Å². The van der Waals surface area contributed by atoms with Gasteiger partial charge in [-0.1, -0.05) is 23.7 Å². The first-order valence-corrected chi connectivity index (χ1v) is 10.4. The number of benzene rings is 3. The number of para-hydroxylation sites is 1. The Bertz CT molecular complexity index is 1400. The van der Waals surface area contributed by atoms with E-state index in [2.05, 4.69) is 25.4 Å². The summed E-state index contributed by atoms with van der Waals surface area (Å²) in [6.07, 6.45) is 3.11. The molecule has 3 aromatic carbocycles. The minimum Gasteiger partial charge on any atom is -0.467 e. The lowest BCUT2D eigenvalue weighted by Gasteiger charge is -2.11. The minimum absolute atomic E-state index is 0.200. The molecule has 0 spiro atoms. The topological polar surface area (TPSA) is 94.8 Å². The van der Waals surface area contributed by atoms with E-state index in [0.717, 1.165) is 22.2 Å². The van der Waals surface area contributed by atoms with Gasteiger partial charge in [0.15, 0.2) is 12.4 Å². The summed E-state index contributed by atoms with van der Waals surface area (Å²) in [5.41, 5.74) is 3.03. The number of fused-ring (bicyclic) bond motifs is 1. The maximum Gasteiger partial charge on any atom is 0.262 e. The van der Waals surface area contributed by atoms with Gasteiger partial charge in [-0.05, 0) is 60.7 Å². The van der Waals surface area contributed by atoms with Crippen molar-refractivity contribution < 1.29 is 9.53 Å². The second-order valence-corrected chi connectivity index (χ2v) is 7.54. The van der Waals surface area contributed by atoms with Crippen LogP contribution in [-0.4, -0.2) is 37.2 Å². The van der Waals surface area contributed by atoms with Crippen molar-refractivity contribution in [3.63, 3.8) is 0 Å². The molecule has 2 aromatic heterocycles. The lowest BCUT2D eigenvalue weighted by Crippen LogP contribution is -2.20. The Morgan fingerprint density at radius 3 is 2.52 bits per heavy atom. The largest absolute Gasteiger partial charge is 0.467 e. The molecule has 8 nitrogen and oxygen atoms in total. The van der Waals surface area contributed by atoms with E-state index in [1.165, 1.54) is 6.33 Å². The Labute approximate surface area is 193 Å². The number of nitrogens with one attached hydrogen (secondary N) is 1. The van der Waals surface area contributed by atoms with Crippen molar-refractivity contribution in [3.8, 4) is 23.0 Å². The predicted octanol–water partition coefficient (Wildman–Crippen LogP) is 4.55. The molecule has 0 aliphatic heterocycles. The molecule has 0 saturated carbocycles. The Morgan fingerprint density at radius 1 is 0.970 bits per heavy atom. The van der Waals surface area contributed by atoms with E-state index in [1.54, 1.807) is 35.3 Å². The maximum atomic E-state index is 12.4. The molecule has 0 aliphatic rings. The molecule has 2 heterocycles. The molecule has 0 aliphatic carbocycles. The van der Waals surface area contributed by atoms with Crippen LogP contribution in [0.25, 0.3) is 28.0 Å². The van der Waals surface area contributed by atoms with E-state index >= 15 is 0 Å². The molecule has 162 valence electrons. The highest BCUT2D eigenvalue weighted by Gasteiger charge is 2.13. The van der Waals surface area contributed by atoms with Gasteiger partial charge in [0.1, 0.15) is 12.7 Å². The predicted molar refractivity (Wildman–Crippen MR) is 125 cm³/mol. The van der Waals surface area contributed by atoms with Gasteiger partial charge >= 0.3 is 0 Å². The molecule has 0 radical (unpaired) electrons. The quantitative estimate of drug-likeness (QED) is 0.403. The first-order chi connectivity index (χ1) is 16.2. The lowest BCUT2D eigenvalue weighted by molar-refractivity contribution is -0.118. The number of anilines is 1. The average Bonchev–Trinajstić information content (AvgIpc) is 3.39. The number of amides is 1. The zero-order valence-corrected chi connectivity index (χ0v) is 18.0. The zero-order chi connectivity index (χ0) is 22.6. The van der Waals surface area contributed by atoms with Crippen LogP contribution in [0.1, 0.15) is 0 Å². The van der Waals surface area contributed by atoms with Gasteiger partial charge < -0.3 is 10.1 Å². The SMILES string of the molecule is O=C(COc1nc(-c2ccc(-n3cncn3)cc2)nc2ccccc12)Nc1ccc(Cl)cc1. The highest BCUT2D eigenvalue weighted by molar-refractivity contribution is 6.30. The third-order valence-electron chi connectivity index (χ3n) is 4.85. The first kappa shape index (κ1) is 20.6. The normalized spacial score (nSPS) is 10.8. The standard InChI is InChI=1S/C24H17ClN6O2/c25-17-7-9-18(10-8-17)28-22(32)13-33-24-20-3-1-2-4-21(20)29-23(30-24)16-5-11-19(12-6-16)31-15-26-14-27-31/h1-12,14-15H,13H2,(H,28,32). The average molecular weight is 457 g/mol.